The summed E-state index contributed by atoms with van der Waals surface area (Å²) in [4.78, 5) is 14.8. The van der Waals surface area contributed by atoms with Crippen LogP contribution in [0.4, 0.5) is 23.7 Å². The molecule has 0 spiro atoms. The lowest BCUT2D eigenvalue weighted by Crippen LogP contribution is -2.66. The lowest BCUT2D eigenvalue weighted by Gasteiger charge is -2.46. The fourth-order valence-electron chi connectivity index (χ4n) is 5.46. The number of benzene rings is 2. The normalized spacial score (nSPS) is 29.2. The largest absolute Gasteiger partial charge is 0.416 e. The van der Waals surface area contributed by atoms with Crippen LogP contribution in [0.15, 0.2) is 54.6 Å². The number of aliphatic hydroxyl groups is 1. The highest BCUT2D eigenvalue weighted by atomic mass is 19.4. The summed E-state index contributed by atoms with van der Waals surface area (Å²) < 4.78 is 50.7. The van der Waals surface area contributed by atoms with Gasteiger partial charge in [0.2, 0.25) is 0 Å². The van der Waals surface area contributed by atoms with Crippen LogP contribution in [-0.2, 0) is 22.1 Å². The Morgan fingerprint density at radius 1 is 1.08 bits per heavy atom. The van der Waals surface area contributed by atoms with Crippen molar-refractivity contribution in [2.24, 2.45) is 5.92 Å². The van der Waals surface area contributed by atoms with Crippen LogP contribution in [-0.4, -0.2) is 66.3 Å². The molecule has 7 nitrogen and oxygen atoms in total. The van der Waals surface area contributed by atoms with Gasteiger partial charge in [-0.15, -0.1) is 0 Å². The van der Waals surface area contributed by atoms with E-state index in [0.717, 1.165) is 44.5 Å². The Kier molecular flexibility index (Phi) is 7.21. The fourth-order valence-corrected chi connectivity index (χ4v) is 5.46. The van der Waals surface area contributed by atoms with Crippen LogP contribution in [0.5, 0.6) is 0 Å². The molecular weight excluding hydrogens is 475 g/mol. The molecule has 2 amide bonds. The van der Waals surface area contributed by atoms with Crippen molar-refractivity contribution in [3.8, 4) is 0 Å². The molecule has 2 bridgehead atoms. The van der Waals surface area contributed by atoms with Crippen molar-refractivity contribution in [3.63, 3.8) is 0 Å². The number of alkyl halides is 3. The molecule has 3 aliphatic rings. The number of urea groups is 1. The van der Waals surface area contributed by atoms with Crippen molar-refractivity contribution in [1.29, 1.82) is 0 Å². The van der Waals surface area contributed by atoms with Gasteiger partial charge >= 0.3 is 12.2 Å². The Morgan fingerprint density at radius 3 is 2.56 bits per heavy atom. The first-order valence-corrected chi connectivity index (χ1v) is 12.3. The molecule has 5 atom stereocenters. The number of aliphatic hydroxyl groups excluding tert-OH is 1. The van der Waals surface area contributed by atoms with Crippen LogP contribution in [0.25, 0.3) is 0 Å². The van der Waals surface area contributed by atoms with Crippen molar-refractivity contribution in [2.75, 3.05) is 25.0 Å². The van der Waals surface area contributed by atoms with E-state index in [9.17, 15) is 23.1 Å². The number of carbonyl (C=O) groups is 1. The molecule has 10 heteroatoms. The van der Waals surface area contributed by atoms with E-state index < -0.39 is 48.4 Å². The molecule has 194 valence electrons. The zero-order valence-corrected chi connectivity index (χ0v) is 19.7. The summed E-state index contributed by atoms with van der Waals surface area (Å²) in [5.41, 5.74) is 0.463. The summed E-state index contributed by atoms with van der Waals surface area (Å²) in [6.45, 7) is 1.77. The van der Waals surface area contributed by atoms with E-state index in [-0.39, 0.29) is 12.3 Å². The van der Waals surface area contributed by atoms with Gasteiger partial charge in [-0.05, 0) is 62.0 Å². The molecule has 3 N–H and O–H groups in total. The molecule has 2 aromatic rings. The van der Waals surface area contributed by atoms with Crippen LogP contribution in [0, 0.1) is 5.92 Å². The first-order chi connectivity index (χ1) is 17.3. The van der Waals surface area contributed by atoms with E-state index in [2.05, 4.69) is 27.7 Å². The highest BCUT2D eigenvalue weighted by Gasteiger charge is 2.53. The van der Waals surface area contributed by atoms with Crippen molar-refractivity contribution >= 4 is 11.7 Å². The maximum Gasteiger partial charge on any atom is 0.416 e. The number of nitrogens with zero attached hydrogens (tertiary/aromatic N) is 1. The molecule has 0 aromatic heterocycles. The van der Waals surface area contributed by atoms with Crippen LogP contribution in [0.2, 0.25) is 0 Å². The Balaban J connectivity index is 1.20. The number of ether oxygens (including phenoxy) is 2. The van der Waals surface area contributed by atoms with Crippen molar-refractivity contribution in [2.45, 2.75) is 56.0 Å². The molecular formula is C26H30F3N3O4. The number of anilines is 1. The summed E-state index contributed by atoms with van der Waals surface area (Å²) in [7, 11) is 0. The lowest BCUT2D eigenvalue weighted by atomic mass is 9.87. The quantitative estimate of drug-likeness (QED) is 0.578. The van der Waals surface area contributed by atoms with E-state index in [1.54, 1.807) is 0 Å². The van der Waals surface area contributed by atoms with E-state index >= 15 is 0 Å². The maximum atomic E-state index is 13.0. The molecule has 3 fully saturated rings. The first-order valence-electron chi connectivity index (χ1n) is 12.3. The Labute approximate surface area is 207 Å². The number of piperidine rings is 1. The summed E-state index contributed by atoms with van der Waals surface area (Å²) >= 11 is 0. The predicted molar refractivity (Wildman–Crippen MR) is 126 cm³/mol. The van der Waals surface area contributed by atoms with Gasteiger partial charge in [0.25, 0.3) is 0 Å². The molecule has 0 radical (unpaired) electrons. The van der Waals surface area contributed by atoms with Crippen molar-refractivity contribution in [3.05, 3.63) is 65.7 Å². The first kappa shape index (κ1) is 25.0. The number of halogens is 3. The zero-order chi connectivity index (χ0) is 25.3. The molecule has 2 aromatic carbocycles. The van der Waals surface area contributed by atoms with Gasteiger partial charge in [-0.1, -0.05) is 36.4 Å². The SMILES string of the molecule is O=C(Nc1cccc(C(F)(F)F)c1)N[C@H]1[C@H](O)[C@@H](N2CCC(Cc3ccccc3)CC2)[C@@H]2OC[C@H]1O2. The third-order valence-corrected chi connectivity index (χ3v) is 7.31. The molecule has 3 heterocycles. The topological polar surface area (TPSA) is 83.1 Å². The summed E-state index contributed by atoms with van der Waals surface area (Å²) in [6, 6.07) is 12.9. The maximum absolute atomic E-state index is 13.0. The number of likely N-dealkylation sites (tertiary alicyclic amines) is 1. The Hall–Kier alpha value is -2.66. The molecule has 5 rings (SSSR count). The minimum Gasteiger partial charge on any atom is -0.389 e. The van der Waals surface area contributed by atoms with Gasteiger partial charge in [0.1, 0.15) is 6.10 Å². The number of hydrogen-bond acceptors (Lipinski definition) is 5. The standard InChI is InChI=1S/C26H30F3N3O4/c27-26(28,29)18-7-4-8-19(14-18)30-25(34)31-21-20-15-35-24(36-20)22(23(21)33)32-11-9-17(10-12-32)13-16-5-2-1-3-6-16/h1-8,14,17,20-24,33H,9-13,15H2,(H2,30,31,34)/t20-,21-,22-,23+,24-/m1/s1. The zero-order valence-electron chi connectivity index (χ0n) is 19.7. The average molecular weight is 506 g/mol. The lowest BCUT2D eigenvalue weighted by molar-refractivity contribution is -0.184. The number of fused-ring (bicyclic) bond motifs is 2. The average Bonchev–Trinajstić information content (AvgIpc) is 3.28. The molecule has 0 aliphatic carbocycles. The van der Waals surface area contributed by atoms with Crippen molar-refractivity contribution < 1.29 is 32.5 Å². The monoisotopic (exact) mass is 505 g/mol. The number of rotatable bonds is 5. The molecule has 3 saturated heterocycles. The third-order valence-electron chi connectivity index (χ3n) is 7.31. The van der Waals surface area contributed by atoms with Gasteiger partial charge in [-0.3, -0.25) is 4.90 Å². The molecule has 36 heavy (non-hydrogen) atoms. The molecule has 0 unspecified atom stereocenters. The number of carbonyl (C=O) groups excluding carboxylic acids is 1. The van der Waals surface area contributed by atoms with Gasteiger partial charge in [0.05, 0.1) is 30.4 Å². The Bertz CT molecular complexity index is 1050. The highest BCUT2D eigenvalue weighted by Crippen LogP contribution is 2.34. The van der Waals surface area contributed by atoms with Crippen LogP contribution < -0.4 is 10.6 Å². The van der Waals surface area contributed by atoms with Gasteiger partial charge in [0.15, 0.2) is 6.29 Å². The smallest absolute Gasteiger partial charge is 0.389 e. The minimum absolute atomic E-state index is 0.00568. The summed E-state index contributed by atoms with van der Waals surface area (Å²) in [5.74, 6) is 0.551. The molecule has 3 aliphatic heterocycles. The predicted octanol–water partition coefficient (Wildman–Crippen LogP) is 3.63. The highest BCUT2D eigenvalue weighted by molar-refractivity contribution is 5.89. The summed E-state index contributed by atoms with van der Waals surface area (Å²) in [6.07, 6.45) is -3.62. The van der Waals surface area contributed by atoms with Gasteiger partial charge < -0.3 is 25.2 Å². The van der Waals surface area contributed by atoms with E-state index in [1.807, 2.05) is 18.2 Å². The molecule has 0 saturated carbocycles. The van der Waals surface area contributed by atoms with Gasteiger partial charge in [-0.2, -0.15) is 13.2 Å². The van der Waals surface area contributed by atoms with E-state index in [0.29, 0.717) is 5.92 Å². The van der Waals surface area contributed by atoms with Gasteiger partial charge in [0, 0.05) is 5.69 Å². The Morgan fingerprint density at radius 2 is 1.83 bits per heavy atom. The number of nitrogens with one attached hydrogen (secondary N) is 2. The number of hydrogen-bond donors (Lipinski definition) is 3. The van der Waals surface area contributed by atoms with Crippen LogP contribution in [0.3, 0.4) is 0 Å². The second-order valence-corrected chi connectivity index (χ2v) is 9.73. The van der Waals surface area contributed by atoms with E-state index in [4.69, 9.17) is 9.47 Å². The third kappa shape index (κ3) is 5.51. The second kappa shape index (κ2) is 10.4. The van der Waals surface area contributed by atoms with Crippen LogP contribution in [0.1, 0.15) is 24.0 Å². The summed E-state index contributed by atoms with van der Waals surface area (Å²) in [5, 5.41) is 16.4. The van der Waals surface area contributed by atoms with Crippen molar-refractivity contribution in [1.82, 2.24) is 10.2 Å². The van der Waals surface area contributed by atoms with Gasteiger partial charge in [-0.25, -0.2) is 4.79 Å². The minimum atomic E-state index is -4.51. The van der Waals surface area contributed by atoms with E-state index in [1.165, 1.54) is 17.7 Å². The van der Waals surface area contributed by atoms with Crippen LogP contribution >= 0.6 is 0 Å². The number of amides is 2. The second-order valence-electron chi connectivity index (χ2n) is 9.73. The fraction of sp³-hybridized carbons (Fsp3) is 0.500.